The lowest BCUT2D eigenvalue weighted by atomic mass is 10.0. The minimum Gasteiger partial charge on any atom is -0.326 e. The molecule has 2 aliphatic heterocycles. The molecule has 0 aromatic heterocycles. The van der Waals surface area contributed by atoms with Gasteiger partial charge in [0.2, 0.25) is 11.8 Å². The zero-order valence-corrected chi connectivity index (χ0v) is 10.6. The molecule has 2 aliphatic rings. The molecular weight excluding hydrogens is 265 g/mol. The number of benzene rings is 1. The summed E-state index contributed by atoms with van der Waals surface area (Å²) in [5, 5.41) is 1.83. The topological polar surface area (TPSA) is 83.7 Å². The number of fused-ring (bicyclic) bond motifs is 1. The van der Waals surface area contributed by atoms with E-state index in [1.807, 2.05) is 0 Å². The van der Waals surface area contributed by atoms with Gasteiger partial charge in [0.1, 0.15) is 5.82 Å². The quantitative estimate of drug-likeness (QED) is 0.788. The molecule has 0 saturated carbocycles. The number of hydrogen-bond donors (Lipinski definition) is 1. The molecule has 20 heavy (non-hydrogen) atoms. The first-order chi connectivity index (χ1) is 9.54. The van der Waals surface area contributed by atoms with E-state index in [0.29, 0.717) is 5.56 Å². The van der Waals surface area contributed by atoms with Gasteiger partial charge in [-0.3, -0.25) is 14.4 Å². The fourth-order valence-corrected chi connectivity index (χ4v) is 2.61. The van der Waals surface area contributed by atoms with Crippen molar-refractivity contribution < 1.29 is 18.8 Å². The molecule has 1 aromatic rings. The third kappa shape index (κ3) is 1.63. The van der Waals surface area contributed by atoms with E-state index in [-0.39, 0.29) is 37.1 Å². The Kier molecular flexibility index (Phi) is 2.79. The minimum absolute atomic E-state index is 0.0746. The second kappa shape index (κ2) is 4.38. The van der Waals surface area contributed by atoms with Crippen molar-refractivity contribution in [2.45, 2.75) is 25.9 Å². The van der Waals surface area contributed by atoms with Crippen LogP contribution < -0.4 is 5.73 Å². The fraction of sp³-hybridized carbons (Fsp3) is 0.308. The van der Waals surface area contributed by atoms with Crippen molar-refractivity contribution in [1.82, 2.24) is 10.0 Å². The third-order valence-corrected chi connectivity index (χ3v) is 3.58. The Hall–Kier alpha value is -2.28. The highest BCUT2D eigenvalue weighted by Gasteiger charge is 2.42. The molecule has 2 heterocycles. The van der Waals surface area contributed by atoms with Crippen molar-refractivity contribution in [1.29, 1.82) is 0 Å². The van der Waals surface area contributed by atoms with Gasteiger partial charge in [0.15, 0.2) is 0 Å². The van der Waals surface area contributed by atoms with E-state index in [1.54, 1.807) is 0 Å². The van der Waals surface area contributed by atoms with E-state index >= 15 is 0 Å². The molecule has 0 spiro atoms. The maximum Gasteiger partial charge on any atom is 0.273 e. The van der Waals surface area contributed by atoms with E-state index in [1.165, 1.54) is 12.1 Å². The highest BCUT2D eigenvalue weighted by molar-refractivity contribution is 6.07. The number of carbonyl (C=O) groups is 3. The lowest BCUT2D eigenvalue weighted by molar-refractivity contribution is -0.153. The van der Waals surface area contributed by atoms with E-state index < -0.39 is 23.5 Å². The van der Waals surface area contributed by atoms with Crippen molar-refractivity contribution in [3.63, 3.8) is 0 Å². The van der Waals surface area contributed by atoms with Gasteiger partial charge in [0, 0.05) is 24.9 Å². The standard InChI is InChI=1S/C13H12FN3O3/c14-9-2-1-7(5-15)12-8(9)6-16(13(12)20)17-10(18)3-4-11(17)19/h1-2H,3-6,15H2. The number of imide groups is 1. The maximum atomic E-state index is 13.8. The SMILES string of the molecule is NCc1ccc(F)c2c1C(=O)N(N1C(=O)CCC1=O)C2. The van der Waals surface area contributed by atoms with Crippen LogP contribution in [0, 0.1) is 5.82 Å². The van der Waals surface area contributed by atoms with Gasteiger partial charge in [-0.1, -0.05) is 6.07 Å². The van der Waals surface area contributed by atoms with Crippen molar-refractivity contribution in [2.75, 3.05) is 0 Å². The molecule has 1 saturated heterocycles. The van der Waals surface area contributed by atoms with Crippen LogP contribution in [-0.4, -0.2) is 27.7 Å². The number of hydrazine groups is 1. The number of carbonyl (C=O) groups excluding carboxylic acids is 3. The molecule has 0 radical (unpaired) electrons. The van der Waals surface area contributed by atoms with Crippen molar-refractivity contribution in [3.05, 3.63) is 34.6 Å². The molecule has 1 aromatic carbocycles. The summed E-state index contributed by atoms with van der Waals surface area (Å²) in [6.45, 7) is -0.0323. The van der Waals surface area contributed by atoms with E-state index in [2.05, 4.69) is 0 Å². The maximum absolute atomic E-state index is 13.8. The van der Waals surface area contributed by atoms with E-state index in [4.69, 9.17) is 5.73 Å². The molecule has 0 bridgehead atoms. The Morgan fingerprint density at radius 2 is 1.80 bits per heavy atom. The third-order valence-electron chi connectivity index (χ3n) is 3.58. The summed E-state index contributed by atoms with van der Waals surface area (Å²) in [5.74, 6) is -1.97. The predicted octanol–water partition coefficient (Wildman–Crippen LogP) is 0.304. The number of amides is 3. The fourth-order valence-electron chi connectivity index (χ4n) is 2.61. The molecule has 3 rings (SSSR count). The molecule has 0 unspecified atom stereocenters. The number of nitrogens with zero attached hydrogens (tertiary/aromatic N) is 2. The molecule has 1 fully saturated rings. The molecule has 104 valence electrons. The Morgan fingerprint density at radius 3 is 2.40 bits per heavy atom. The van der Waals surface area contributed by atoms with Gasteiger partial charge in [0.05, 0.1) is 12.1 Å². The average Bonchev–Trinajstić information content (AvgIpc) is 2.93. The summed E-state index contributed by atoms with van der Waals surface area (Å²) in [4.78, 5) is 35.8. The number of nitrogens with two attached hydrogens (primary N) is 1. The lowest BCUT2D eigenvalue weighted by Crippen LogP contribution is -2.46. The van der Waals surface area contributed by atoms with Gasteiger partial charge in [-0.2, -0.15) is 5.01 Å². The first kappa shape index (κ1) is 12.7. The van der Waals surface area contributed by atoms with Crippen LogP contribution in [0.15, 0.2) is 12.1 Å². The Labute approximate surface area is 113 Å². The summed E-state index contributed by atoms with van der Waals surface area (Å²) in [5.41, 5.74) is 6.41. The summed E-state index contributed by atoms with van der Waals surface area (Å²) in [6, 6.07) is 2.69. The number of halogens is 1. The molecule has 0 atom stereocenters. The summed E-state index contributed by atoms with van der Waals surface area (Å²) < 4.78 is 13.8. The minimum atomic E-state index is -0.552. The van der Waals surface area contributed by atoms with Crippen LogP contribution in [0.2, 0.25) is 0 Å². The first-order valence-electron chi connectivity index (χ1n) is 6.22. The monoisotopic (exact) mass is 277 g/mol. The summed E-state index contributed by atoms with van der Waals surface area (Å²) in [7, 11) is 0. The lowest BCUT2D eigenvalue weighted by Gasteiger charge is -2.25. The smallest absolute Gasteiger partial charge is 0.273 e. The van der Waals surface area contributed by atoms with Gasteiger partial charge in [0.25, 0.3) is 5.91 Å². The van der Waals surface area contributed by atoms with Gasteiger partial charge < -0.3 is 5.73 Å². The van der Waals surface area contributed by atoms with Gasteiger partial charge in [-0.25, -0.2) is 9.40 Å². The van der Waals surface area contributed by atoms with E-state index in [0.717, 1.165) is 10.0 Å². The second-order valence-corrected chi connectivity index (χ2v) is 4.73. The Balaban J connectivity index is 2.05. The zero-order valence-electron chi connectivity index (χ0n) is 10.6. The Morgan fingerprint density at radius 1 is 1.15 bits per heavy atom. The molecule has 6 nitrogen and oxygen atoms in total. The first-order valence-corrected chi connectivity index (χ1v) is 6.22. The summed E-state index contributed by atoms with van der Waals surface area (Å²) in [6.07, 6.45) is 0.149. The molecular formula is C13H12FN3O3. The normalized spacial score (nSPS) is 18.2. The largest absolute Gasteiger partial charge is 0.326 e. The van der Waals surface area contributed by atoms with Crippen molar-refractivity contribution in [2.24, 2.45) is 5.73 Å². The van der Waals surface area contributed by atoms with Crippen LogP contribution in [0.5, 0.6) is 0 Å². The predicted molar refractivity (Wildman–Crippen MR) is 65.3 cm³/mol. The molecule has 7 heteroatoms. The zero-order chi connectivity index (χ0) is 14.4. The highest BCUT2D eigenvalue weighted by Crippen LogP contribution is 2.31. The Bertz CT molecular complexity index is 628. The van der Waals surface area contributed by atoms with Crippen LogP contribution in [-0.2, 0) is 22.7 Å². The van der Waals surface area contributed by atoms with Gasteiger partial charge >= 0.3 is 0 Å². The van der Waals surface area contributed by atoms with Crippen LogP contribution in [0.1, 0.15) is 34.3 Å². The molecule has 0 aliphatic carbocycles. The van der Waals surface area contributed by atoms with Crippen molar-refractivity contribution >= 4 is 17.7 Å². The van der Waals surface area contributed by atoms with Crippen molar-refractivity contribution in [3.8, 4) is 0 Å². The van der Waals surface area contributed by atoms with Gasteiger partial charge in [-0.15, -0.1) is 0 Å². The molecule has 2 N–H and O–H groups in total. The molecule has 3 amide bonds. The van der Waals surface area contributed by atoms with Crippen LogP contribution in [0.3, 0.4) is 0 Å². The van der Waals surface area contributed by atoms with Crippen LogP contribution in [0.4, 0.5) is 4.39 Å². The van der Waals surface area contributed by atoms with Crippen LogP contribution in [0.25, 0.3) is 0 Å². The number of rotatable bonds is 2. The highest BCUT2D eigenvalue weighted by atomic mass is 19.1. The average molecular weight is 277 g/mol. The van der Waals surface area contributed by atoms with Crippen LogP contribution >= 0.6 is 0 Å². The van der Waals surface area contributed by atoms with Gasteiger partial charge in [-0.05, 0) is 11.6 Å². The summed E-state index contributed by atoms with van der Waals surface area (Å²) >= 11 is 0. The number of hydrogen-bond acceptors (Lipinski definition) is 4. The second-order valence-electron chi connectivity index (χ2n) is 4.73. The van der Waals surface area contributed by atoms with E-state index in [9.17, 15) is 18.8 Å².